The number of amides is 2. The van der Waals surface area contributed by atoms with Crippen LogP contribution >= 0.6 is 15.9 Å². The van der Waals surface area contributed by atoms with E-state index in [9.17, 15) is 9.59 Å². The maximum Gasteiger partial charge on any atom is 0.428 e. The molecular weight excluding hydrogens is 328 g/mol. The fraction of sp³-hybridized carbons (Fsp3) is 0.385. The molecule has 0 fully saturated rings. The first-order valence-corrected chi connectivity index (χ1v) is 7.19. The largest absolute Gasteiger partial charge is 0.497 e. The van der Waals surface area contributed by atoms with Gasteiger partial charge in [-0.2, -0.15) is 0 Å². The van der Waals surface area contributed by atoms with Crippen LogP contribution in [0.2, 0.25) is 0 Å². The maximum atomic E-state index is 12.0. The molecule has 0 aliphatic rings. The van der Waals surface area contributed by atoms with Crippen LogP contribution in [0.5, 0.6) is 5.75 Å². The van der Waals surface area contributed by atoms with Crippen LogP contribution in [0.3, 0.4) is 0 Å². The summed E-state index contributed by atoms with van der Waals surface area (Å²) in [5.74, 6) is 0.269. The maximum absolute atomic E-state index is 12.0. The summed E-state index contributed by atoms with van der Waals surface area (Å²) in [6.45, 7) is 2.26. The highest BCUT2D eigenvalue weighted by molar-refractivity contribution is 9.09. The molecule has 1 aromatic rings. The SMILES string of the molecule is CCOC(=O)N(CCBr)NC(=O)c1ccc(OC)cc1. The van der Waals surface area contributed by atoms with Gasteiger partial charge in [0.1, 0.15) is 5.75 Å². The average molecular weight is 345 g/mol. The Hall–Kier alpha value is -1.76. The van der Waals surface area contributed by atoms with Crippen molar-refractivity contribution in [1.29, 1.82) is 0 Å². The summed E-state index contributed by atoms with van der Waals surface area (Å²) in [6.07, 6.45) is -0.589. The summed E-state index contributed by atoms with van der Waals surface area (Å²) in [7, 11) is 1.55. The average Bonchev–Trinajstić information content (AvgIpc) is 2.47. The number of hydrogen-bond donors (Lipinski definition) is 1. The summed E-state index contributed by atoms with van der Waals surface area (Å²) in [5, 5.41) is 1.65. The van der Waals surface area contributed by atoms with Crippen LogP contribution < -0.4 is 10.2 Å². The molecule has 1 aromatic carbocycles. The van der Waals surface area contributed by atoms with Crippen molar-refractivity contribution in [2.24, 2.45) is 0 Å². The van der Waals surface area contributed by atoms with Crippen molar-refractivity contribution in [3.63, 3.8) is 0 Å². The molecule has 0 aromatic heterocycles. The molecule has 0 spiro atoms. The molecule has 6 nitrogen and oxygen atoms in total. The van der Waals surface area contributed by atoms with Crippen LogP contribution in [-0.2, 0) is 4.74 Å². The zero-order valence-corrected chi connectivity index (χ0v) is 13.0. The first kappa shape index (κ1) is 16.3. The third-order valence-electron chi connectivity index (χ3n) is 2.39. The van der Waals surface area contributed by atoms with Gasteiger partial charge in [0.25, 0.3) is 5.91 Å². The zero-order chi connectivity index (χ0) is 15.0. The van der Waals surface area contributed by atoms with Gasteiger partial charge in [-0.05, 0) is 31.2 Å². The molecule has 0 saturated heterocycles. The molecule has 2 amide bonds. The van der Waals surface area contributed by atoms with Crippen molar-refractivity contribution in [3.05, 3.63) is 29.8 Å². The fourth-order valence-corrected chi connectivity index (χ4v) is 1.76. The normalized spacial score (nSPS) is 9.75. The standard InChI is InChI=1S/C13H17BrN2O4/c1-3-20-13(18)16(9-8-14)15-12(17)10-4-6-11(19-2)7-5-10/h4-7H,3,8-9H2,1-2H3,(H,15,17). The third-order valence-corrected chi connectivity index (χ3v) is 2.74. The molecule has 7 heteroatoms. The Kier molecular flexibility index (Phi) is 6.86. The highest BCUT2D eigenvalue weighted by Gasteiger charge is 2.17. The number of benzene rings is 1. The van der Waals surface area contributed by atoms with Gasteiger partial charge in [-0.3, -0.25) is 10.2 Å². The Balaban J connectivity index is 2.71. The number of hydrogen-bond acceptors (Lipinski definition) is 4. The number of nitrogens with one attached hydrogen (secondary N) is 1. The number of alkyl halides is 1. The summed E-state index contributed by atoms with van der Waals surface area (Å²) >= 11 is 3.22. The first-order chi connectivity index (χ1) is 9.62. The molecule has 0 atom stereocenters. The molecule has 110 valence electrons. The summed E-state index contributed by atoms with van der Waals surface area (Å²) in [5.41, 5.74) is 2.93. The lowest BCUT2D eigenvalue weighted by atomic mass is 10.2. The fourth-order valence-electron chi connectivity index (χ4n) is 1.41. The van der Waals surface area contributed by atoms with Gasteiger partial charge in [-0.15, -0.1) is 0 Å². The van der Waals surface area contributed by atoms with E-state index in [0.717, 1.165) is 5.01 Å². The van der Waals surface area contributed by atoms with Crippen LogP contribution in [-0.4, -0.2) is 42.6 Å². The van der Waals surface area contributed by atoms with E-state index in [4.69, 9.17) is 9.47 Å². The van der Waals surface area contributed by atoms with Crippen molar-refractivity contribution in [2.45, 2.75) is 6.92 Å². The molecule has 1 rings (SSSR count). The molecule has 0 heterocycles. The molecule has 0 unspecified atom stereocenters. The highest BCUT2D eigenvalue weighted by Crippen LogP contribution is 2.11. The van der Waals surface area contributed by atoms with E-state index >= 15 is 0 Å². The van der Waals surface area contributed by atoms with E-state index in [-0.39, 0.29) is 12.5 Å². The third kappa shape index (κ3) is 4.73. The van der Waals surface area contributed by atoms with Gasteiger partial charge in [0.15, 0.2) is 0 Å². The molecule has 0 aliphatic heterocycles. The van der Waals surface area contributed by atoms with Crippen LogP contribution in [0.15, 0.2) is 24.3 Å². The van der Waals surface area contributed by atoms with Crippen molar-refractivity contribution in [3.8, 4) is 5.75 Å². The summed E-state index contributed by atoms with van der Waals surface area (Å²) in [6, 6.07) is 6.58. The van der Waals surface area contributed by atoms with E-state index in [1.807, 2.05) is 0 Å². The predicted molar refractivity (Wildman–Crippen MR) is 78.0 cm³/mol. The van der Waals surface area contributed by atoms with Crippen LogP contribution in [0.25, 0.3) is 0 Å². The number of rotatable bonds is 5. The minimum Gasteiger partial charge on any atom is -0.497 e. The molecule has 1 N–H and O–H groups in total. The quantitative estimate of drug-likeness (QED) is 0.656. The van der Waals surface area contributed by atoms with Crippen LogP contribution in [0, 0.1) is 0 Å². The summed E-state index contributed by atoms with van der Waals surface area (Å²) < 4.78 is 9.88. The van der Waals surface area contributed by atoms with Crippen molar-refractivity contribution >= 4 is 27.9 Å². The lowest BCUT2D eigenvalue weighted by molar-refractivity contribution is 0.0676. The van der Waals surface area contributed by atoms with Crippen molar-refractivity contribution in [1.82, 2.24) is 10.4 Å². The number of carbonyl (C=O) groups excluding carboxylic acids is 2. The molecule has 0 saturated carbocycles. The van der Waals surface area contributed by atoms with Gasteiger partial charge >= 0.3 is 6.09 Å². The summed E-state index contributed by atoms with van der Waals surface area (Å²) in [4.78, 5) is 23.7. The molecular formula is C13H17BrN2O4. The van der Waals surface area contributed by atoms with Gasteiger partial charge in [-0.25, -0.2) is 9.80 Å². The minimum absolute atomic E-state index is 0.246. The Labute approximate surface area is 126 Å². The lowest BCUT2D eigenvalue weighted by Crippen LogP contribution is -2.47. The van der Waals surface area contributed by atoms with Crippen LogP contribution in [0.1, 0.15) is 17.3 Å². The predicted octanol–water partition coefficient (Wildman–Crippen LogP) is 2.19. The zero-order valence-electron chi connectivity index (χ0n) is 11.4. The lowest BCUT2D eigenvalue weighted by Gasteiger charge is -2.21. The second kappa shape index (κ2) is 8.42. The number of carbonyl (C=O) groups is 2. The van der Waals surface area contributed by atoms with E-state index in [1.54, 1.807) is 38.3 Å². The van der Waals surface area contributed by atoms with Gasteiger partial charge in [0, 0.05) is 10.9 Å². The molecule has 0 bridgehead atoms. The number of methoxy groups -OCH3 is 1. The number of halogens is 1. The molecule has 0 aliphatic carbocycles. The first-order valence-electron chi connectivity index (χ1n) is 6.07. The number of ether oxygens (including phenoxy) is 2. The van der Waals surface area contributed by atoms with Gasteiger partial charge in [0.2, 0.25) is 0 Å². The van der Waals surface area contributed by atoms with Crippen LogP contribution in [0.4, 0.5) is 4.79 Å². The molecule has 0 radical (unpaired) electrons. The Morgan fingerprint density at radius 1 is 1.30 bits per heavy atom. The number of nitrogens with zero attached hydrogens (tertiary/aromatic N) is 1. The Bertz CT molecular complexity index is 450. The Morgan fingerprint density at radius 2 is 1.95 bits per heavy atom. The van der Waals surface area contributed by atoms with Gasteiger partial charge in [-0.1, -0.05) is 15.9 Å². The highest BCUT2D eigenvalue weighted by atomic mass is 79.9. The van der Waals surface area contributed by atoms with Gasteiger partial charge in [0.05, 0.1) is 20.3 Å². The van der Waals surface area contributed by atoms with Gasteiger partial charge < -0.3 is 9.47 Å². The monoisotopic (exact) mass is 344 g/mol. The van der Waals surface area contributed by atoms with E-state index in [2.05, 4.69) is 21.4 Å². The second-order valence-corrected chi connectivity index (χ2v) is 4.50. The minimum atomic E-state index is -0.589. The molecule has 20 heavy (non-hydrogen) atoms. The van der Waals surface area contributed by atoms with Crippen molar-refractivity contribution in [2.75, 3.05) is 25.6 Å². The van der Waals surface area contributed by atoms with E-state index < -0.39 is 6.09 Å². The van der Waals surface area contributed by atoms with Crippen molar-refractivity contribution < 1.29 is 19.1 Å². The van der Waals surface area contributed by atoms with E-state index in [0.29, 0.717) is 23.2 Å². The smallest absolute Gasteiger partial charge is 0.428 e. The van der Waals surface area contributed by atoms with E-state index in [1.165, 1.54) is 0 Å². The Morgan fingerprint density at radius 3 is 2.45 bits per heavy atom. The topological polar surface area (TPSA) is 67.9 Å². The number of hydrazine groups is 1. The second-order valence-electron chi connectivity index (χ2n) is 3.71.